The number of aromatic nitrogens is 4. The van der Waals surface area contributed by atoms with E-state index < -0.39 is 0 Å². The average Bonchev–Trinajstić information content (AvgIpc) is 3.42. The van der Waals surface area contributed by atoms with E-state index in [2.05, 4.69) is 37.1 Å². The quantitative estimate of drug-likeness (QED) is 0.796. The van der Waals surface area contributed by atoms with Gasteiger partial charge in [-0.3, -0.25) is 9.78 Å². The number of aryl methyl sites for hydroxylation is 1. The molecule has 3 saturated heterocycles. The molecule has 0 saturated carbocycles. The molecule has 2 aromatic rings. The molecule has 0 radical (unpaired) electrons. The lowest BCUT2D eigenvalue weighted by Crippen LogP contribution is -2.42. The van der Waals surface area contributed by atoms with Crippen LogP contribution in [0.15, 0.2) is 31.0 Å². The van der Waals surface area contributed by atoms with Gasteiger partial charge in [0.15, 0.2) is 0 Å². The first-order chi connectivity index (χ1) is 14.2. The van der Waals surface area contributed by atoms with Crippen molar-refractivity contribution < 1.29 is 9.53 Å². The van der Waals surface area contributed by atoms with E-state index in [0.717, 1.165) is 44.7 Å². The fraction of sp³-hybridized carbons (Fsp3) is 0.571. The van der Waals surface area contributed by atoms with E-state index in [1.54, 1.807) is 6.20 Å². The van der Waals surface area contributed by atoms with Gasteiger partial charge in [-0.15, -0.1) is 0 Å². The van der Waals surface area contributed by atoms with Crippen LogP contribution in [0.3, 0.4) is 0 Å². The zero-order valence-electron chi connectivity index (χ0n) is 16.6. The summed E-state index contributed by atoms with van der Waals surface area (Å²) in [7, 11) is 0. The van der Waals surface area contributed by atoms with Crippen molar-refractivity contribution in [1.82, 2.24) is 25.3 Å². The number of hydrogen-bond acceptors (Lipinski definition) is 7. The van der Waals surface area contributed by atoms with Crippen LogP contribution in [0.5, 0.6) is 0 Å². The van der Waals surface area contributed by atoms with E-state index in [1.807, 2.05) is 12.4 Å². The van der Waals surface area contributed by atoms with Crippen LogP contribution in [0.4, 0.5) is 5.95 Å². The molecular formula is C21H26N6O2. The van der Waals surface area contributed by atoms with Gasteiger partial charge in [-0.1, -0.05) is 13.3 Å². The standard InChI is InChI=1S/C21H26N6O2/c1-2-3-14-8-25-20(26-9-14)27-12-16-15(18-4-5-21(16,13-27)29-18)10-24-19(28)17-11-22-6-7-23-17/h6-9,11,15-16,18H,2-5,10,12-13H2,1H3,(H,24,28)/t15-,16+,18+,21+/m0/s1. The van der Waals surface area contributed by atoms with E-state index in [0.29, 0.717) is 24.1 Å². The molecule has 0 aromatic carbocycles. The molecule has 1 spiro atoms. The van der Waals surface area contributed by atoms with E-state index in [4.69, 9.17) is 4.74 Å². The van der Waals surface area contributed by atoms with Crippen molar-refractivity contribution in [3.8, 4) is 0 Å². The molecule has 5 rings (SSSR count). The molecule has 1 amide bonds. The molecule has 3 aliphatic heterocycles. The van der Waals surface area contributed by atoms with Gasteiger partial charge in [0, 0.05) is 49.7 Å². The highest BCUT2D eigenvalue weighted by Gasteiger charge is 2.63. The number of nitrogens with zero attached hydrogens (tertiary/aromatic N) is 5. The van der Waals surface area contributed by atoms with Crippen LogP contribution < -0.4 is 10.2 Å². The summed E-state index contributed by atoms with van der Waals surface area (Å²) in [5.41, 5.74) is 1.40. The largest absolute Gasteiger partial charge is 0.369 e. The third-order valence-corrected chi connectivity index (χ3v) is 6.59. The first kappa shape index (κ1) is 18.4. The predicted octanol–water partition coefficient (Wildman–Crippen LogP) is 1.63. The van der Waals surface area contributed by atoms with Gasteiger partial charge in [0.1, 0.15) is 5.69 Å². The second kappa shape index (κ2) is 7.33. The molecule has 29 heavy (non-hydrogen) atoms. The van der Waals surface area contributed by atoms with Gasteiger partial charge in [-0.25, -0.2) is 15.0 Å². The minimum absolute atomic E-state index is 0.127. The molecular weight excluding hydrogens is 368 g/mol. The van der Waals surface area contributed by atoms with Gasteiger partial charge in [-0.2, -0.15) is 0 Å². The van der Waals surface area contributed by atoms with Crippen molar-refractivity contribution >= 4 is 11.9 Å². The summed E-state index contributed by atoms with van der Waals surface area (Å²) in [6, 6.07) is 0. The Labute approximate surface area is 170 Å². The molecule has 5 heterocycles. The number of amides is 1. The Morgan fingerprint density at radius 2 is 2.14 bits per heavy atom. The van der Waals surface area contributed by atoms with Crippen LogP contribution in [-0.2, 0) is 11.2 Å². The number of fused-ring (bicyclic) bond motifs is 1. The lowest BCUT2D eigenvalue weighted by molar-refractivity contribution is 0.0141. The summed E-state index contributed by atoms with van der Waals surface area (Å²) >= 11 is 0. The maximum atomic E-state index is 12.4. The molecule has 0 aliphatic carbocycles. The first-order valence-corrected chi connectivity index (χ1v) is 10.5. The predicted molar refractivity (Wildman–Crippen MR) is 106 cm³/mol. The lowest BCUT2D eigenvalue weighted by atomic mass is 9.73. The van der Waals surface area contributed by atoms with E-state index >= 15 is 0 Å². The maximum absolute atomic E-state index is 12.4. The summed E-state index contributed by atoms with van der Waals surface area (Å²) < 4.78 is 6.47. The Kier molecular flexibility index (Phi) is 4.66. The van der Waals surface area contributed by atoms with Crippen LogP contribution in [0, 0.1) is 11.8 Å². The van der Waals surface area contributed by atoms with Crippen LogP contribution in [-0.4, -0.2) is 57.2 Å². The van der Waals surface area contributed by atoms with Gasteiger partial charge in [0.05, 0.1) is 24.4 Å². The van der Waals surface area contributed by atoms with Gasteiger partial charge >= 0.3 is 0 Å². The minimum atomic E-state index is -0.181. The van der Waals surface area contributed by atoms with Crippen molar-refractivity contribution in [3.05, 3.63) is 42.2 Å². The van der Waals surface area contributed by atoms with Crippen molar-refractivity contribution in [3.63, 3.8) is 0 Å². The van der Waals surface area contributed by atoms with Crippen molar-refractivity contribution in [2.24, 2.45) is 11.8 Å². The summed E-state index contributed by atoms with van der Waals surface area (Å²) in [5, 5.41) is 3.04. The fourth-order valence-electron chi connectivity index (χ4n) is 5.26. The summed E-state index contributed by atoms with van der Waals surface area (Å²) in [4.78, 5) is 31.9. The number of ether oxygens (including phenoxy) is 1. The molecule has 4 atom stereocenters. The maximum Gasteiger partial charge on any atom is 0.271 e. The highest BCUT2D eigenvalue weighted by molar-refractivity contribution is 5.91. The Morgan fingerprint density at radius 1 is 1.28 bits per heavy atom. The van der Waals surface area contributed by atoms with Gasteiger partial charge < -0.3 is 15.0 Å². The Morgan fingerprint density at radius 3 is 2.90 bits per heavy atom. The van der Waals surface area contributed by atoms with Crippen LogP contribution >= 0.6 is 0 Å². The molecule has 152 valence electrons. The van der Waals surface area contributed by atoms with Crippen LogP contribution in [0.25, 0.3) is 0 Å². The third-order valence-electron chi connectivity index (χ3n) is 6.59. The molecule has 1 N–H and O–H groups in total. The third kappa shape index (κ3) is 3.25. The number of carbonyl (C=O) groups excluding carboxylic acids is 1. The molecule has 0 unspecified atom stereocenters. The Bertz CT molecular complexity index is 876. The number of anilines is 1. The lowest BCUT2D eigenvalue weighted by Gasteiger charge is -2.29. The van der Waals surface area contributed by atoms with E-state index in [1.165, 1.54) is 18.0 Å². The smallest absolute Gasteiger partial charge is 0.271 e. The Hall–Kier alpha value is -2.61. The number of nitrogens with one attached hydrogen (secondary N) is 1. The van der Waals surface area contributed by atoms with Gasteiger partial charge in [0.25, 0.3) is 5.91 Å². The zero-order valence-corrected chi connectivity index (χ0v) is 16.6. The van der Waals surface area contributed by atoms with Gasteiger partial charge in [-0.05, 0) is 24.8 Å². The van der Waals surface area contributed by atoms with Crippen molar-refractivity contribution in [2.45, 2.75) is 44.3 Å². The van der Waals surface area contributed by atoms with Crippen molar-refractivity contribution in [1.29, 1.82) is 0 Å². The number of rotatable bonds is 6. The average molecular weight is 394 g/mol. The normalized spacial score (nSPS) is 29.8. The summed E-state index contributed by atoms with van der Waals surface area (Å²) in [5.74, 6) is 1.28. The van der Waals surface area contributed by atoms with Crippen LogP contribution in [0.1, 0.15) is 42.2 Å². The highest BCUT2D eigenvalue weighted by Crippen LogP contribution is 2.54. The molecule has 8 heteroatoms. The number of carbonyl (C=O) groups is 1. The van der Waals surface area contributed by atoms with Crippen LogP contribution in [0.2, 0.25) is 0 Å². The summed E-state index contributed by atoms with van der Waals surface area (Å²) in [6.07, 6.45) is 12.9. The highest BCUT2D eigenvalue weighted by atomic mass is 16.5. The topological polar surface area (TPSA) is 93.1 Å². The summed E-state index contributed by atoms with van der Waals surface area (Å²) in [6.45, 7) is 4.45. The fourth-order valence-corrected chi connectivity index (χ4v) is 5.26. The minimum Gasteiger partial charge on any atom is -0.369 e. The Balaban J connectivity index is 1.27. The monoisotopic (exact) mass is 394 g/mol. The number of hydrogen-bond donors (Lipinski definition) is 1. The SMILES string of the molecule is CCCc1cnc(N2C[C@@H]3[C@H](CNC(=O)c4cnccn4)[C@H]4CC[C@]3(C2)O4)nc1. The molecule has 2 bridgehead atoms. The molecule has 2 aromatic heterocycles. The van der Waals surface area contributed by atoms with Gasteiger partial charge in [0.2, 0.25) is 5.95 Å². The molecule has 3 fully saturated rings. The van der Waals surface area contributed by atoms with Crippen molar-refractivity contribution in [2.75, 3.05) is 24.5 Å². The first-order valence-electron chi connectivity index (χ1n) is 10.5. The second-order valence-electron chi connectivity index (χ2n) is 8.35. The zero-order chi connectivity index (χ0) is 19.8. The van der Waals surface area contributed by atoms with E-state index in [-0.39, 0.29) is 17.6 Å². The molecule has 8 nitrogen and oxygen atoms in total. The second-order valence-corrected chi connectivity index (χ2v) is 8.35. The molecule has 3 aliphatic rings. The van der Waals surface area contributed by atoms with E-state index in [9.17, 15) is 4.79 Å².